The lowest BCUT2D eigenvalue weighted by Gasteiger charge is -2.24. The summed E-state index contributed by atoms with van der Waals surface area (Å²) in [5.74, 6) is 1.34. The second-order valence-electron chi connectivity index (χ2n) is 7.26. The molecule has 1 aliphatic rings. The number of aryl methyl sites for hydroxylation is 1. The summed E-state index contributed by atoms with van der Waals surface area (Å²) in [5.41, 5.74) is 8.06. The number of rotatable bonds is 8. The SMILES string of the molecule is Cc1ccccc1Nc1nc(N)nc(CN(Cc2cccs2)CC2CCCO2)n1. The van der Waals surface area contributed by atoms with Gasteiger partial charge in [-0.1, -0.05) is 24.3 Å². The van der Waals surface area contributed by atoms with Gasteiger partial charge < -0.3 is 15.8 Å². The van der Waals surface area contributed by atoms with Crippen LogP contribution >= 0.6 is 11.3 Å². The first-order chi connectivity index (χ1) is 14.2. The first kappa shape index (κ1) is 19.8. The van der Waals surface area contributed by atoms with E-state index in [0.29, 0.717) is 18.3 Å². The molecule has 0 bridgehead atoms. The summed E-state index contributed by atoms with van der Waals surface area (Å²) in [4.78, 5) is 16.9. The number of nitrogen functional groups attached to an aromatic ring is 1. The van der Waals surface area contributed by atoms with Crippen LogP contribution in [-0.4, -0.2) is 39.1 Å². The normalized spacial score (nSPS) is 16.4. The second kappa shape index (κ2) is 9.30. The number of hydrogen-bond donors (Lipinski definition) is 2. The van der Waals surface area contributed by atoms with Crippen molar-refractivity contribution >= 4 is 28.9 Å². The average Bonchev–Trinajstić information content (AvgIpc) is 3.37. The van der Waals surface area contributed by atoms with Gasteiger partial charge in [0.25, 0.3) is 0 Å². The van der Waals surface area contributed by atoms with Crippen LogP contribution in [0.25, 0.3) is 0 Å². The molecular weight excluding hydrogens is 384 g/mol. The van der Waals surface area contributed by atoms with Crippen LogP contribution in [0.3, 0.4) is 0 Å². The Balaban J connectivity index is 1.51. The number of ether oxygens (including phenoxy) is 1. The highest BCUT2D eigenvalue weighted by Gasteiger charge is 2.21. The minimum atomic E-state index is 0.222. The second-order valence-corrected chi connectivity index (χ2v) is 8.29. The van der Waals surface area contributed by atoms with Crippen molar-refractivity contribution in [1.29, 1.82) is 0 Å². The maximum Gasteiger partial charge on any atom is 0.232 e. The zero-order valence-electron chi connectivity index (χ0n) is 16.5. The molecule has 3 aromatic rings. The van der Waals surface area contributed by atoms with Crippen LogP contribution in [0, 0.1) is 6.92 Å². The molecule has 7 nitrogen and oxygen atoms in total. The molecule has 1 saturated heterocycles. The van der Waals surface area contributed by atoms with Crippen LogP contribution < -0.4 is 11.1 Å². The van der Waals surface area contributed by atoms with Crippen LogP contribution in [0.4, 0.5) is 17.6 Å². The molecule has 0 amide bonds. The van der Waals surface area contributed by atoms with E-state index in [0.717, 1.165) is 43.8 Å². The zero-order chi connectivity index (χ0) is 20.1. The summed E-state index contributed by atoms with van der Waals surface area (Å²) >= 11 is 1.76. The predicted octanol–water partition coefficient (Wildman–Crippen LogP) is 3.75. The van der Waals surface area contributed by atoms with Gasteiger partial charge in [-0.2, -0.15) is 15.0 Å². The van der Waals surface area contributed by atoms with Gasteiger partial charge in [0.15, 0.2) is 0 Å². The highest BCUT2D eigenvalue weighted by molar-refractivity contribution is 7.09. The molecule has 3 N–H and O–H groups in total. The Morgan fingerprint density at radius 2 is 2.07 bits per heavy atom. The van der Waals surface area contributed by atoms with Gasteiger partial charge in [0.05, 0.1) is 12.6 Å². The number of para-hydroxylation sites is 1. The van der Waals surface area contributed by atoms with Crippen LogP contribution in [0.2, 0.25) is 0 Å². The zero-order valence-corrected chi connectivity index (χ0v) is 17.4. The number of hydrogen-bond acceptors (Lipinski definition) is 8. The molecule has 29 heavy (non-hydrogen) atoms. The fourth-order valence-corrected chi connectivity index (χ4v) is 4.23. The summed E-state index contributed by atoms with van der Waals surface area (Å²) in [6, 6.07) is 12.2. The Hall–Kier alpha value is -2.55. The van der Waals surface area contributed by atoms with Gasteiger partial charge in [0, 0.05) is 30.3 Å². The Bertz CT molecular complexity index is 927. The van der Waals surface area contributed by atoms with E-state index in [1.807, 2.05) is 31.2 Å². The smallest absolute Gasteiger partial charge is 0.232 e. The maximum absolute atomic E-state index is 5.98. The number of aromatic nitrogens is 3. The molecule has 1 fully saturated rings. The summed E-state index contributed by atoms with van der Waals surface area (Å²) in [5, 5.41) is 5.36. The fraction of sp³-hybridized carbons (Fsp3) is 0.381. The maximum atomic E-state index is 5.98. The van der Waals surface area contributed by atoms with Crippen molar-refractivity contribution in [2.45, 2.75) is 39.0 Å². The Labute approximate surface area is 175 Å². The Kier molecular flexibility index (Phi) is 6.33. The van der Waals surface area contributed by atoms with Gasteiger partial charge in [-0.15, -0.1) is 11.3 Å². The summed E-state index contributed by atoms with van der Waals surface area (Å²) in [6.45, 7) is 5.17. The highest BCUT2D eigenvalue weighted by atomic mass is 32.1. The summed E-state index contributed by atoms with van der Waals surface area (Å²) in [7, 11) is 0. The third-order valence-electron chi connectivity index (χ3n) is 4.90. The van der Waals surface area contributed by atoms with E-state index in [1.54, 1.807) is 11.3 Å². The monoisotopic (exact) mass is 410 g/mol. The molecule has 1 atom stereocenters. The highest BCUT2D eigenvalue weighted by Crippen LogP contribution is 2.20. The third kappa shape index (κ3) is 5.50. The van der Waals surface area contributed by atoms with Gasteiger partial charge in [-0.05, 0) is 42.8 Å². The molecule has 152 valence electrons. The Morgan fingerprint density at radius 3 is 2.83 bits per heavy atom. The summed E-state index contributed by atoms with van der Waals surface area (Å²) < 4.78 is 5.85. The van der Waals surface area contributed by atoms with Crippen molar-refractivity contribution < 1.29 is 4.74 Å². The molecule has 1 unspecified atom stereocenters. The minimum absolute atomic E-state index is 0.222. The lowest BCUT2D eigenvalue weighted by molar-refractivity contribution is 0.0674. The van der Waals surface area contributed by atoms with Crippen molar-refractivity contribution in [2.24, 2.45) is 0 Å². The van der Waals surface area contributed by atoms with Crippen molar-refractivity contribution in [3.63, 3.8) is 0 Å². The van der Waals surface area contributed by atoms with Gasteiger partial charge in [-0.25, -0.2) is 0 Å². The molecule has 0 radical (unpaired) electrons. The molecule has 8 heteroatoms. The van der Waals surface area contributed by atoms with Crippen molar-refractivity contribution in [3.05, 3.63) is 58.0 Å². The first-order valence-electron chi connectivity index (χ1n) is 9.85. The number of nitrogens with zero attached hydrogens (tertiary/aromatic N) is 4. The fourth-order valence-electron chi connectivity index (χ4n) is 3.48. The molecule has 0 spiro atoms. The van der Waals surface area contributed by atoms with E-state index in [1.165, 1.54) is 4.88 Å². The molecule has 2 aromatic heterocycles. The summed E-state index contributed by atoms with van der Waals surface area (Å²) in [6.07, 6.45) is 2.49. The number of thiophene rings is 1. The van der Waals surface area contributed by atoms with Gasteiger partial charge in [-0.3, -0.25) is 4.90 Å². The van der Waals surface area contributed by atoms with E-state index in [-0.39, 0.29) is 12.1 Å². The van der Waals surface area contributed by atoms with E-state index in [4.69, 9.17) is 10.5 Å². The first-order valence-corrected chi connectivity index (χ1v) is 10.7. The third-order valence-corrected chi connectivity index (χ3v) is 5.76. The number of nitrogens with one attached hydrogen (secondary N) is 1. The number of nitrogens with two attached hydrogens (primary N) is 1. The van der Waals surface area contributed by atoms with Crippen LogP contribution in [0.5, 0.6) is 0 Å². The van der Waals surface area contributed by atoms with Gasteiger partial charge in [0.2, 0.25) is 11.9 Å². The molecule has 0 aliphatic carbocycles. The predicted molar refractivity (Wildman–Crippen MR) is 116 cm³/mol. The van der Waals surface area contributed by atoms with Crippen LogP contribution in [0.1, 0.15) is 29.1 Å². The van der Waals surface area contributed by atoms with Gasteiger partial charge in [0.1, 0.15) is 5.82 Å². The molecule has 1 aliphatic heterocycles. The lowest BCUT2D eigenvalue weighted by atomic mass is 10.2. The number of anilines is 3. The quantitative estimate of drug-likeness (QED) is 0.584. The Morgan fingerprint density at radius 1 is 1.17 bits per heavy atom. The van der Waals surface area contributed by atoms with Crippen molar-refractivity contribution in [2.75, 3.05) is 24.2 Å². The lowest BCUT2D eigenvalue weighted by Crippen LogP contribution is -2.32. The van der Waals surface area contributed by atoms with E-state index in [9.17, 15) is 0 Å². The average molecular weight is 411 g/mol. The van der Waals surface area contributed by atoms with Crippen molar-refractivity contribution in [1.82, 2.24) is 19.9 Å². The molecular formula is C21H26N6OS. The van der Waals surface area contributed by atoms with E-state index in [2.05, 4.69) is 42.7 Å². The number of benzene rings is 1. The van der Waals surface area contributed by atoms with Crippen molar-refractivity contribution in [3.8, 4) is 0 Å². The largest absolute Gasteiger partial charge is 0.377 e. The molecule has 0 saturated carbocycles. The minimum Gasteiger partial charge on any atom is -0.377 e. The molecule has 4 rings (SSSR count). The van der Waals surface area contributed by atoms with E-state index < -0.39 is 0 Å². The van der Waals surface area contributed by atoms with Crippen LogP contribution in [0.15, 0.2) is 41.8 Å². The molecule has 1 aromatic carbocycles. The topological polar surface area (TPSA) is 89.2 Å². The van der Waals surface area contributed by atoms with Crippen LogP contribution in [-0.2, 0) is 17.8 Å². The van der Waals surface area contributed by atoms with E-state index >= 15 is 0 Å². The molecule has 3 heterocycles. The van der Waals surface area contributed by atoms with Gasteiger partial charge >= 0.3 is 0 Å². The standard InChI is InChI=1S/C21H26N6OS/c1-15-6-2-3-9-18(15)23-21-25-19(24-20(22)26-21)14-27(12-16-7-4-10-28-16)13-17-8-5-11-29-17/h2-3,5-6,8-9,11,16H,4,7,10,12-14H2,1H3,(H3,22,23,24,25,26).